The van der Waals surface area contributed by atoms with Gasteiger partial charge in [0.25, 0.3) is 5.56 Å². The minimum Gasteiger partial charge on any atom is -0.465 e. The van der Waals surface area contributed by atoms with Crippen molar-refractivity contribution in [1.29, 1.82) is 0 Å². The van der Waals surface area contributed by atoms with E-state index in [4.69, 9.17) is 15.2 Å². The highest BCUT2D eigenvalue weighted by Gasteiger charge is 2.42. The lowest BCUT2D eigenvalue weighted by atomic mass is 10.0. The summed E-state index contributed by atoms with van der Waals surface area (Å²) in [5.41, 5.74) is 7.32. The second-order valence-corrected chi connectivity index (χ2v) is 8.69. The summed E-state index contributed by atoms with van der Waals surface area (Å²) in [5, 5.41) is 0. The van der Waals surface area contributed by atoms with Gasteiger partial charge >= 0.3 is 11.9 Å². The van der Waals surface area contributed by atoms with Gasteiger partial charge in [-0.3, -0.25) is 19.4 Å². The van der Waals surface area contributed by atoms with Gasteiger partial charge in [0, 0.05) is 12.8 Å². The van der Waals surface area contributed by atoms with E-state index in [0.717, 1.165) is 18.4 Å². The number of benzene rings is 1. The van der Waals surface area contributed by atoms with E-state index >= 15 is 0 Å². The van der Waals surface area contributed by atoms with E-state index in [0.29, 0.717) is 24.1 Å². The van der Waals surface area contributed by atoms with Gasteiger partial charge in [-0.15, -0.1) is 0 Å². The monoisotopic (exact) mass is 479 g/mol. The molecule has 3 unspecified atom stereocenters. The largest absolute Gasteiger partial charge is 0.465 e. The summed E-state index contributed by atoms with van der Waals surface area (Å²) >= 11 is 0. The minimum absolute atomic E-state index is 0.0233. The zero-order valence-corrected chi connectivity index (χ0v) is 19.6. The molecule has 0 spiro atoms. The number of esters is 2. The number of fused-ring (bicyclic) bond motifs is 1. The Balaban J connectivity index is 1.54. The first kappa shape index (κ1) is 24.2. The standard InChI is InChI=1S/C25H29N5O5/c1-3-4-10-20(31)35-19-12-18(30-14-27-22-23(30)28-25(26)29-24(22)33)15(2)17(19)13-34-21(32)11-16-8-6-5-7-9-16/h5-9,14,17-19H,2-4,10-13H2,1H3,(H3,26,28,29,33). The SMILES string of the molecule is C=C1C(COC(=O)Cc2ccccc2)C(OC(=O)CCCC)CC1n1cnc2c(=O)[nH]c(N)nc21. The van der Waals surface area contributed by atoms with Crippen LogP contribution in [0.4, 0.5) is 5.95 Å². The number of anilines is 1. The summed E-state index contributed by atoms with van der Waals surface area (Å²) in [6, 6.07) is 8.95. The van der Waals surface area contributed by atoms with Gasteiger partial charge in [0.2, 0.25) is 5.95 Å². The molecule has 0 amide bonds. The van der Waals surface area contributed by atoms with E-state index in [9.17, 15) is 14.4 Å². The van der Waals surface area contributed by atoms with Gasteiger partial charge in [-0.2, -0.15) is 4.98 Å². The Kier molecular flexibility index (Phi) is 7.28. The van der Waals surface area contributed by atoms with Crippen LogP contribution in [-0.4, -0.2) is 44.2 Å². The van der Waals surface area contributed by atoms with Gasteiger partial charge in [-0.1, -0.05) is 50.3 Å². The first-order chi connectivity index (χ1) is 16.9. The number of ether oxygens (including phenoxy) is 2. The van der Waals surface area contributed by atoms with Crippen LogP contribution in [0.15, 0.2) is 53.6 Å². The van der Waals surface area contributed by atoms with E-state index in [-0.39, 0.29) is 42.5 Å². The van der Waals surface area contributed by atoms with Crippen LogP contribution >= 0.6 is 0 Å². The number of nitrogens with zero attached hydrogens (tertiary/aromatic N) is 3. The third-order valence-electron chi connectivity index (χ3n) is 6.23. The number of nitrogens with two attached hydrogens (primary N) is 1. The average Bonchev–Trinajstić information content (AvgIpc) is 3.37. The average molecular weight is 480 g/mol. The Labute approximate surface area is 202 Å². The zero-order chi connectivity index (χ0) is 24.9. The molecule has 3 atom stereocenters. The Morgan fingerprint density at radius 3 is 2.77 bits per heavy atom. The number of imidazole rings is 1. The molecule has 3 aromatic rings. The molecule has 1 aromatic carbocycles. The molecule has 2 aromatic heterocycles. The Bertz CT molecular complexity index is 1280. The molecule has 1 aliphatic rings. The third kappa shape index (κ3) is 5.42. The number of unbranched alkanes of at least 4 members (excludes halogenated alkanes) is 1. The fourth-order valence-corrected chi connectivity index (χ4v) is 4.37. The normalized spacial score (nSPS) is 19.7. The number of rotatable bonds is 9. The molecule has 0 bridgehead atoms. The number of H-pyrrole nitrogens is 1. The molecule has 35 heavy (non-hydrogen) atoms. The maximum atomic E-state index is 12.5. The van der Waals surface area contributed by atoms with Crippen molar-refractivity contribution in [3.05, 3.63) is 64.7 Å². The molecular weight excluding hydrogens is 450 g/mol. The van der Waals surface area contributed by atoms with Crippen LogP contribution in [0.2, 0.25) is 0 Å². The number of aromatic amines is 1. The van der Waals surface area contributed by atoms with Crippen molar-refractivity contribution in [3.8, 4) is 0 Å². The zero-order valence-electron chi connectivity index (χ0n) is 19.6. The molecule has 0 aliphatic heterocycles. The van der Waals surface area contributed by atoms with Crippen LogP contribution in [0.5, 0.6) is 0 Å². The second-order valence-electron chi connectivity index (χ2n) is 8.69. The first-order valence-corrected chi connectivity index (χ1v) is 11.7. The van der Waals surface area contributed by atoms with Crippen molar-refractivity contribution >= 4 is 29.1 Å². The van der Waals surface area contributed by atoms with Gasteiger partial charge in [-0.25, -0.2) is 4.98 Å². The number of carbonyl (C=O) groups excluding carboxylic acids is 2. The minimum atomic E-state index is -0.543. The van der Waals surface area contributed by atoms with Gasteiger partial charge in [0.1, 0.15) is 12.7 Å². The van der Waals surface area contributed by atoms with Crippen molar-refractivity contribution in [2.24, 2.45) is 5.92 Å². The predicted octanol–water partition coefficient (Wildman–Crippen LogP) is 2.71. The maximum Gasteiger partial charge on any atom is 0.310 e. The van der Waals surface area contributed by atoms with E-state index in [1.165, 1.54) is 6.33 Å². The van der Waals surface area contributed by atoms with E-state index in [1.54, 1.807) is 4.57 Å². The summed E-state index contributed by atoms with van der Waals surface area (Å²) in [6.07, 6.45) is 3.40. The van der Waals surface area contributed by atoms with Gasteiger partial charge < -0.3 is 19.8 Å². The smallest absolute Gasteiger partial charge is 0.310 e. The Hall–Kier alpha value is -3.95. The van der Waals surface area contributed by atoms with Gasteiger partial charge in [0.05, 0.1) is 24.7 Å². The summed E-state index contributed by atoms with van der Waals surface area (Å²) in [7, 11) is 0. The number of nitrogens with one attached hydrogen (secondary N) is 1. The predicted molar refractivity (Wildman–Crippen MR) is 129 cm³/mol. The molecule has 2 heterocycles. The summed E-state index contributed by atoms with van der Waals surface area (Å²) in [6.45, 7) is 6.25. The third-order valence-corrected chi connectivity index (χ3v) is 6.23. The Morgan fingerprint density at radius 2 is 2.03 bits per heavy atom. The number of nitrogen functional groups attached to an aromatic ring is 1. The molecule has 184 valence electrons. The van der Waals surface area contributed by atoms with Crippen LogP contribution < -0.4 is 11.3 Å². The summed E-state index contributed by atoms with van der Waals surface area (Å²) in [5.74, 6) is -1.12. The van der Waals surface area contributed by atoms with Crippen LogP contribution in [0.3, 0.4) is 0 Å². The maximum absolute atomic E-state index is 12.5. The van der Waals surface area contributed by atoms with Gasteiger partial charge in [-0.05, 0) is 17.6 Å². The number of carbonyl (C=O) groups is 2. The van der Waals surface area contributed by atoms with Crippen LogP contribution in [0.25, 0.3) is 11.2 Å². The number of aromatic nitrogens is 4. The van der Waals surface area contributed by atoms with Crippen molar-refractivity contribution in [2.45, 2.75) is 51.2 Å². The fourth-order valence-electron chi connectivity index (χ4n) is 4.37. The van der Waals surface area contributed by atoms with E-state index in [2.05, 4.69) is 21.5 Å². The summed E-state index contributed by atoms with van der Waals surface area (Å²) < 4.78 is 13.1. The first-order valence-electron chi connectivity index (χ1n) is 11.7. The van der Waals surface area contributed by atoms with Crippen LogP contribution in [0.1, 0.15) is 44.2 Å². The molecule has 10 heteroatoms. The molecule has 0 radical (unpaired) electrons. The van der Waals surface area contributed by atoms with Gasteiger partial charge in [0.15, 0.2) is 11.2 Å². The highest BCUT2D eigenvalue weighted by atomic mass is 16.6. The van der Waals surface area contributed by atoms with Crippen LogP contribution in [-0.2, 0) is 25.5 Å². The lowest BCUT2D eigenvalue weighted by Crippen LogP contribution is -2.27. The second kappa shape index (κ2) is 10.5. The molecule has 1 saturated carbocycles. The highest BCUT2D eigenvalue weighted by Crippen LogP contribution is 2.42. The molecule has 0 saturated heterocycles. The highest BCUT2D eigenvalue weighted by molar-refractivity contribution is 5.73. The van der Waals surface area contributed by atoms with E-state index < -0.39 is 17.6 Å². The van der Waals surface area contributed by atoms with Crippen molar-refractivity contribution in [3.63, 3.8) is 0 Å². The molecule has 1 fully saturated rings. The molecular formula is C25H29N5O5. The number of hydrogen-bond acceptors (Lipinski definition) is 8. The summed E-state index contributed by atoms with van der Waals surface area (Å²) in [4.78, 5) is 48.0. The lowest BCUT2D eigenvalue weighted by molar-refractivity contribution is -0.153. The molecule has 3 N–H and O–H groups in total. The fraction of sp³-hybridized carbons (Fsp3) is 0.400. The topological polar surface area (TPSA) is 142 Å². The van der Waals surface area contributed by atoms with Crippen molar-refractivity contribution in [1.82, 2.24) is 19.5 Å². The molecule has 4 rings (SSSR count). The molecule has 10 nitrogen and oxygen atoms in total. The van der Waals surface area contributed by atoms with Crippen molar-refractivity contribution in [2.75, 3.05) is 12.3 Å². The quantitative estimate of drug-likeness (QED) is 0.352. The van der Waals surface area contributed by atoms with Crippen LogP contribution in [0, 0.1) is 5.92 Å². The number of hydrogen-bond donors (Lipinski definition) is 2. The Morgan fingerprint density at radius 1 is 1.26 bits per heavy atom. The lowest BCUT2D eigenvalue weighted by Gasteiger charge is -2.20. The molecule has 1 aliphatic carbocycles. The van der Waals surface area contributed by atoms with Crippen molar-refractivity contribution < 1.29 is 19.1 Å². The van der Waals surface area contributed by atoms with E-state index in [1.807, 2.05) is 37.3 Å².